The van der Waals surface area contributed by atoms with Crippen molar-refractivity contribution in [3.8, 4) is 0 Å². The molecule has 1 aromatic heterocycles. The van der Waals surface area contributed by atoms with Crippen molar-refractivity contribution >= 4 is 18.4 Å². The van der Waals surface area contributed by atoms with Crippen LogP contribution in [-0.2, 0) is 6.18 Å². The van der Waals surface area contributed by atoms with Gasteiger partial charge in [0.15, 0.2) is 12.0 Å². The number of hydrogen-bond donors (Lipinski definition) is 0. The van der Waals surface area contributed by atoms with Gasteiger partial charge >= 0.3 is 6.18 Å². The highest BCUT2D eigenvalue weighted by Gasteiger charge is 2.30. The number of carbonyl (C=O) groups excluding carboxylic acids is 1. The van der Waals surface area contributed by atoms with Gasteiger partial charge in [0, 0.05) is 0 Å². The summed E-state index contributed by atoms with van der Waals surface area (Å²) in [6.45, 7) is 0. The Morgan fingerprint density at radius 1 is 1.00 bits per heavy atom. The quantitative estimate of drug-likeness (QED) is 0.776. The molecule has 0 bridgehead atoms. The molecule has 0 aliphatic heterocycles. The number of halogens is 3. The highest BCUT2D eigenvalue weighted by atomic mass is 19.4. The number of benzene rings is 1. The van der Waals surface area contributed by atoms with Gasteiger partial charge < -0.3 is 4.42 Å². The fourth-order valence-corrected chi connectivity index (χ4v) is 1.52. The molecule has 0 aliphatic rings. The van der Waals surface area contributed by atoms with E-state index in [1.54, 1.807) is 12.1 Å². The van der Waals surface area contributed by atoms with Crippen LogP contribution in [0.3, 0.4) is 0 Å². The van der Waals surface area contributed by atoms with Crippen LogP contribution in [0.5, 0.6) is 0 Å². The minimum absolute atomic E-state index is 0.170. The Hall–Kier alpha value is -2.30. The monoisotopic (exact) mass is 266 g/mol. The molecule has 0 radical (unpaired) electrons. The van der Waals surface area contributed by atoms with E-state index in [1.165, 1.54) is 24.3 Å². The summed E-state index contributed by atoms with van der Waals surface area (Å²) < 4.78 is 42.6. The number of rotatable bonds is 3. The van der Waals surface area contributed by atoms with E-state index in [4.69, 9.17) is 4.42 Å². The zero-order chi connectivity index (χ0) is 13.9. The fourth-order valence-electron chi connectivity index (χ4n) is 1.52. The summed E-state index contributed by atoms with van der Waals surface area (Å²) in [5.41, 5.74) is -0.304. The number of aldehydes is 1. The zero-order valence-corrected chi connectivity index (χ0v) is 9.65. The van der Waals surface area contributed by atoms with Crippen LogP contribution in [0, 0.1) is 0 Å². The molecule has 0 amide bonds. The van der Waals surface area contributed by atoms with Crippen LogP contribution in [0.15, 0.2) is 40.8 Å². The first-order valence-corrected chi connectivity index (χ1v) is 5.39. The van der Waals surface area contributed by atoms with Crippen molar-refractivity contribution in [1.82, 2.24) is 0 Å². The number of furan rings is 1. The summed E-state index contributed by atoms with van der Waals surface area (Å²) in [5.74, 6) is 0.572. The largest absolute Gasteiger partial charge is 0.454 e. The van der Waals surface area contributed by atoms with Crippen LogP contribution in [0.1, 0.15) is 27.4 Å². The second kappa shape index (κ2) is 5.14. The summed E-state index contributed by atoms with van der Waals surface area (Å²) in [4.78, 5) is 10.4. The minimum Gasteiger partial charge on any atom is -0.454 e. The predicted octanol–water partition coefficient (Wildman–Crippen LogP) is 4.28. The molecule has 19 heavy (non-hydrogen) atoms. The average Bonchev–Trinajstić information content (AvgIpc) is 2.84. The van der Waals surface area contributed by atoms with E-state index in [2.05, 4.69) is 0 Å². The van der Waals surface area contributed by atoms with E-state index in [1.807, 2.05) is 0 Å². The lowest BCUT2D eigenvalue weighted by Crippen LogP contribution is -2.04. The Kier molecular flexibility index (Phi) is 3.55. The summed E-state index contributed by atoms with van der Waals surface area (Å²) in [6, 6.07) is 7.98. The Morgan fingerprint density at radius 2 is 1.74 bits per heavy atom. The van der Waals surface area contributed by atoms with Gasteiger partial charge in [-0.2, -0.15) is 13.2 Å². The molecule has 1 aromatic carbocycles. The third-order valence-electron chi connectivity index (χ3n) is 2.42. The minimum atomic E-state index is -4.36. The topological polar surface area (TPSA) is 30.2 Å². The normalized spacial score (nSPS) is 11.9. The standard InChI is InChI=1S/C14H9F3O2/c15-14(16,17)11-3-1-2-10(8-11)4-5-12-6-7-13(9-18)19-12/h1-9H. The number of hydrogen-bond acceptors (Lipinski definition) is 2. The Morgan fingerprint density at radius 3 is 2.37 bits per heavy atom. The highest BCUT2D eigenvalue weighted by molar-refractivity contribution is 5.73. The zero-order valence-electron chi connectivity index (χ0n) is 9.65. The Labute approximate surface area is 107 Å². The molecular weight excluding hydrogens is 257 g/mol. The third kappa shape index (κ3) is 3.34. The molecule has 0 N–H and O–H groups in total. The van der Waals surface area contributed by atoms with Gasteiger partial charge in [-0.05, 0) is 35.9 Å². The van der Waals surface area contributed by atoms with Crippen LogP contribution in [0.4, 0.5) is 13.2 Å². The van der Waals surface area contributed by atoms with Crippen molar-refractivity contribution in [2.45, 2.75) is 6.18 Å². The molecular formula is C14H9F3O2. The molecule has 0 fully saturated rings. The molecule has 0 atom stereocenters. The van der Waals surface area contributed by atoms with Crippen molar-refractivity contribution in [1.29, 1.82) is 0 Å². The maximum atomic E-state index is 12.5. The van der Waals surface area contributed by atoms with Gasteiger partial charge in [-0.25, -0.2) is 0 Å². The van der Waals surface area contributed by atoms with Gasteiger partial charge in [0.25, 0.3) is 0 Å². The van der Waals surface area contributed by atoms with Crippen molar-refractivity contribution < 1.29 is 22.4 Å². The van der Waals surface area contributed by atoms with Crippen LogP contribution >= 0.6 is 0 Å². The van der Waals surface area contributed by atoms with Gasteiger partial charge in [0.2, 0.25) is 0 Å². The summed E-state index contributed by atoms with van der Waals surface area (Å²) in [5, 5.41) is 0. The van der Waals surface area contributed by atoms with Crippen molar-refractivity contribution in [3.05, 3.63) is 59.0 Å². The molecule has 2 rings (SSSR count). The van der Waals surface area contributed by atoms with Gasteiger partial charge in [0.05, 0.1) is 5.56 Å². The highest BCUT2D eigenvalue weighted by Crippen LogP contribution is 2.29. The van der Waals surface area contributed by atoms with E-state index >= 15 is 0 Å². The van der Waals surface area contributed by atoms with E-state index in [9.17, 15) is 18.0 Å². The Bertz CT molecular complexity index is 609. The average molecular weight is 266 g/mol. The molecule has 0 unspecified atom stereocenters. The lowest BCUT2D eigenvalue weighted by molar-refractivity contribution is -0.137. The first-order valence-electron chi connectivity index (χ1n) is 5.39. The van der Waals surface area contributed by atoms with Crippen LogP contribution < -0.4 is 0 Å². The lowest BCUT2D eigenvalue weighted by Gasteiger charge is -2.06. The van der Waals surface area contributed by atoms with E-state index in [-0.39, 0.29) is 5.76 Å². The van der Waals surface area contributed by atoms with Crippen molar-refractivity contribution in [2.75, 3.05) is 0 Å². The maximum Gasteiger partial charge on any atom is 0.416 e. The van der Waals surface area contributed by atoms with Crippen molar-refractivity contribution in [3.63, 3.8) is 0 Å². The molecule has 2 aromatic rings. The molecule has 0 aliphatic carbocycles. The molecule has 98 valence electrons. The van der Waals surface area contributed by atoms with Gasteiger partial charge in [-0.3, -0.25) is 4.79 Å². The Balaban J connectivity index is 2.21. The van der Waals surface area contributed by atoms with Crippen LogP contribution in [0.2, 0.25) is 0 Å². The van der Waals surface area contributed by atoms with Crippen molar-refractivity contribution in [2.24, 2.45) is 0 Å². The third-order valence-corrected chi connectivity index (χ3v) is 2.42. The fraction of sp³-hybridized carbons (Fsp3) is 0.0714. The molecule has 1 heterocycles. The second-order valence-electron chi connectivity index (χ2n) is 3.81. The number of alkyl halides is 3. The lowest BCUT2D eigenvalue weighted by atomic mass is 10.1. The van der Waals surface area contributed by atoms with Crippen LogP contribution in [0.25, 0.3) is 12.2 Å². The maximum absolute atomic E-state index is 12.5. The van der Waals surface area contributed by atoms with Gasteiger partial charge in [-0.15, -0.1) is 0 Å². The first-order chi connectivity index (χ1) is 8.99. The van der Waals surface area contributed by atoms with E-state index in [0.29, 0.717) is 17.6 Å². The van der Waals surface area contributed by atoms with Gasteiger partial charge in [-0.1, -0.05) is 18.2 Å². The molecule has 0 spiro atoms. The molecule has 2 nitrogen and oxygen atoms in total. The second-order valence-corrected chi connectivity index (χ2v) is 3.81. The molecule has 0 saturated carbocycles. The van der Waals surface area contributed by atoms with Crippen LogP contribution in [-0.4, -0.2) is 6.29 Å². The first kappa shape index (κ1) is 13.1. The number of carbonyl (C=O) groups is 1. The SMILES string of the molecule is O=Cc1ccc(C=Cc2cccc(C(F)(F)F)c2)o1. The summed E-state index contributed by atoms with van der Waals surface area (Å²) >= 11 is 0. The predicted molar refractivity (Wildman–Crippen MR) is 64.5 cm³/mol. The molecule has 0 saturated heterocycles. The smallest absolute Gasteiger partial charge is 0.416 e. The van der Waals surface area contributed by atoms with Gasteiger partial charge in [0.1, 0.15) is 5.76 Å². The van der Waals surface area contributed by atoms with E-state index < -0.39 is 11.7 Å². The van der Waals surface area contributed by atoms with E-state index in [0.717, 1.165) is 12.1 Å². The molecule has 5 heteroatoms. The summed E-state index contributed by atoms with van der Waals surface area (Å²) in [7, 11) is 0. The summed E-state index contributed by atoms with van der Waals surface area (Å²) in [6.07, 6.45) is -0.814.